The van der Waals surface area contributed by atoms with E-state index in [1.165, 1.54) is 0 Å². The van der Waals surface area contributed by atoms with E-state index < -0.39 is 0 Å². The van der Waals surface area contributed by atoms with Gasteiger partial charge in [0.15, 0.2) is 0 Å². The first-order chi connectivity index (χ1) is 10.7. The Morgan fingerprint density at radius 3 is 2.50 bits per heavy atom. The first-order valence-corrected chi connectivity index (χ1v) is 8.05. The van der Waals surface area contributed by atoms with E-state index in [0.29, 0.717) is 17.3 Å². The van der Waals surface area contributed by atoms with Crippen molar-refractivity contribution < 1.29 is 9.59 Å². The summed E-state index contributed by atoms with van der Waals surface area (Å²) in [5.41, 5.74) is 1.37. The first kappa shape index (κ1) is 15.0. The van der Waals surface area contributed by atoms with Gasteiger partial charge in [-0.1, -0.05) is 6.07 Å². The molecule has 0 unspecified atom stereocenters. The molecule has 1 aromatic rings. The molecule has 5 heteroatoms. The molecular formula is C17H23N3O2. The second-order valence-electron chi connectivity index (χ2n) is 6.20. The van der Waals surface area contributed by atoms with Crippen LogP contribution in [0.3, 0.4) is 0 Å². The standard InChI is InChI=1S/C17H23N3O2/c1-18-14-7-9-20(10-8-14)17(22)13-3-2-4-15(11-13)19-16(21)12-5-6-12/h2-4,11-12,14,18H,5-10H2,1H3,(H,19,21). The van der Waals surface area contributed by atoms with Crippen LogP contribution >= 0.6 is 0 Å². The van der Waals surface area contributed by atoms with Crippen molar-refractivity contribution in [3.63, 3.8) is 0 Å². The van der Waals surface area contributed by atoms with Crippen molar-refractivity contribution in [2.45, 2.75) is 31.7 Å². The van der Waals surface area contributed by atoms with Crippen LogP contribution in [0.4, 0.5) is 5.69 Å². The normalized spacial score (nSPS) is 19.0. The maximum absolute atomic E-state index is 12.6. The number of nitrogens with one attached hydrogen (secondary N) is 2. The fraction of sp³-hybridized carbons (Fsp3) is 0.529. The molecule has 2 fully saturated rings. The predicted octanol–water partition coefficient (Wildman–Crippen LogP) is 1.86. The molecule has 5 nitrogen and oxygen atoms in total. The average Bonchev–Trinajstić information content (AvgIpc) is 3.39. The molecule has 3 rings (SSSR count). The zero-order valence-electron chi connectivity index (χ0n) is 13.0. The van der Waals surface area contributed by atoms with Gasteiger partial charge in [0, 0.05) is 36.3 Å². The van der Waals surface area contributed by atoms with E-state index in [9.17, 15) is 9.59 Å². The SMILES string of the molecule is CNC1CCN(C(=O)c2cccc(NC(=O)C3CC3)c2)CC1. The number of hydrogen-bond acceptors (Lipinski definition) is 3. The Morgan fingerprint density at radius 1 is 1.14 bits per heavy atom. The maximum Gasteiger partial charge on any atom is 0.253 e. The summed E-state index contributed by atoms with van der Waals surface area (Å²) in [7, 11) is 1.97. The summed E-state index contributed by atoms with van der Waals surface area (Å²) in [5, 5.41) is 6.16. The van der Waals surface area contributed by atoms with Gasteiger partial charge in [-0.25, -0.2) is 0 Å². The van der Waals surface area contributed by atoms with Crippen molar-refractivity contribution >= 4 is 17.5 Å². The lowest BCUT2D eigenvalue weighted by molar-refractivity contribution is -0.117. The smallest absolute Gasteiger partial charge is 0.253 e. The van der Waals surface area contributed by atoms with E-state index in [4.69, 9.17) is 0 Å². The average molecular weight is 301 g/mol. The van der Waals surface area contributed by atoms with Crippen molar-refractivity contribution in [2.24, 2.45) is 5.92 Å². The molecule has 1 heterocycles. The highest BCUT2D eigenvalue weighted by Gasteiger charge is 2.29. The number of benzene rings is 1. The molecule has 0 bridgehead atoms. The highest BCUT2D eigenvalue weighted by molar-refractivity contribution is 5.98. The number of nitrogens with zero attached hydrogens (tertiary/aromatic N) is 1. The van der Waals surface area contributed by atoms with E-state index in [1.807, 2.05) is 30.1 Å². The number of rotatable bonds is 4. The van der Waals surface area contributed by atoms with Crippen molar-refractivity contribution in [2.75, 3.05) is 25.5 Å². The predicted molar refractivity (Wildman–Crippen MR) is 85.8 cm³/mol. The van der Waals surface area contributed by atoms with Crippen molar-refractivity contribution in [3.8, 4) is 0 Å². The molecule has 1 saturated carbocycles. The molecule has 0 radical (unpaired) electrons. The summed E-state index contributed by atoms with van der Waals surface area (Å²) in [4.78, 5) is 26.3. The number of hydrogen-bond donors (Lipinski definition) is 2. The summed E-state index contributed by atoms with van der Waals surface area (Å²) in [6, 6.07) is 7.78. The third-order valence-corrected chi connectivity index (χ3v) is 4.52. The third kappa shape index (κ3) is 3.47. The van der Waals surface area contributed by atoms with E-state index in [-0.39, 0.29) is 17.7 Å². The zero-order chi connectivity index (χ0) is 15.5. The van der Waals surface area contributed by atoms with Crippen LogP contribution in [0.25, 0.3) is 0 Å². The Labute approximate surface area is 131 Å². The van der Waals surface area contributed by atoms with Crippen molar-refractivity contribution in [3.05, 3.63) is 29.8 Å². The van der Waals surface area contributed by atoms with Gasteiger partial charge in [0.05, 0.1) is 0 Å². The highest BCUT2D eigenvalue weighted by atomic mass is 16.2. The van der Waals surface area contributed by atoms with Crippen molar-refractivity contribution in [1.29, 1.82) is 0 Å². The molecule has 2 N–H and O–H groups in total. The summed E-state index contributed by atoms with van der Waals surface area (Å²) < 4.78 is 0. The Balaban J connectivity index is 1.63. The highest BCUT2D eigenvalue weighted by Crippen LogP contribution is 2.30. The summed E-state index contributed by atoms with van der Waals surface area (Å²) in [5.74, 6) is 0.288. The third-order valence-electron chi connectivity index (χ3n) is 4.52. The lowest BCUT2D eigenvalue weighted by Crippen LogP contribution is -2.43. The van der Waals surface area contributed by atoms with Gasteiger partial charge < -0.3 is 15.5 Å². The van der Waals surface area contributed by atoms with Gasteiger partial charge in [-0.2, -0.15) is 0 Å². The zero-order valence-corrected chi connectivity index (χ0v) is 13.0. The van der Waals surface area contributed by atoms with E-state index in [2.05, 4.69) is 10.6 Å². The van der Waals surface area contributed by atoms with Crippen LogP contribution in [0.2, 0.25) is 0 Å². The number of anilines is 1. The lowest BCUT2D eigenvalue weighted by atomic mass is 10.0. The van der Waals surface area contributed by atoms with Gasteiger partial charge >= 0.3 is 0 Å². The molecular weight excluding hydrogens is 278 g/mol. The van der Waals surface area contributed by atoms with Crippen LogP contribution < -0.4 is 10.6 Å². The van der Waals surface area contributed by atoms with Crippen LogP contribution in [-0.2, 0) is 4.79 Å². The number of carbonyl (C=O) groups excluding carboxylic acids is 2. The van der Waals surface area contributed by atoms with E-state index >= 15 is 0 Å². The Bertz CT molecular complexity index is 561. The number of piperidine rings is 1. The molecule has 1 aromatic carbocycles. The topological polar surface area (TPSA) is 61.4 Å². The Kier molecular flexibility index (Phi) is 4.43. The largest absolute Gasteiger partial charge is 0.339 e. The molecule has 0 aromatic heterocycles. The van der Waals surface area contributed by atoms with E-state index in [1.54, 1.807) is 6.07 Å². The van der Waals surface area contributed by atoms with Crippen LogP contribution in [0.15, 0.2) is 24.3 Å². The molecule has 1 aliphatic carbocycles. The molecule has 0 spiro atoms. The molecule has 22 heavy (non-hydrogen) atoms. The molecule has 2 aliphatic rings. The number of amides is 2. The molecule has 2 amide bonds. The Morgan fingerprint density at radius 2 is 1.86 bits per heavy atom. The quantitative estimate of drug-likeness (QED) is 0.892. The van der Waals surface area contributed by atoms with Gasteiger partial charge in [-0.3, -0.25) is 9.59 Å². The minimum atomic E-state index is 0.0528. The second kappa shape index (κ2) is 6.48. The molecule has 118 valence electrons. The number of likely N-dealkylation sites (tertiary alicyclic amines) is 1. The van der Waals surface area contributed by atoms with Crippen molar-refractivity contribution in [1.82, 2.24) is 10.2 Å². The van der Waals surface area contributed by atoms with Gasteiger partial charge in [0.1, 0.15) is 0 Å². The Hall–Kier alpha value is -1.88. The fourth-order valence-corrected chi connectivity index (χ4v) is 2.87. The summed E-state index contributed by atoms with van der Waals surface area (Å²) in [6.45, 7) is 1.56. The fourth-order valence-electron chi connectivity index (χ4n) is 2.87. The summed E-state index contributed by atoms with van der Waals surface area (Å²) in [6.07, 6.45) is 3.93. The van der Waals surface area contributed by atoms with Gasteiger partial charge in [0.2, 0.25) is 5.91 Å². The summed E-state index contributed by atoms with van der Waals surface area (Å²) >= 11 is 0. The van der Waals surface area contributed by atoms with Crippen LogP contribution in [0, 0.1) is 5.92 Å². The second-order valence-corrected chi connectivity index (χ2v) is 6.20. The lowest BCUT2D eigenvalue weighted by Gasteiger charge is -2.32. The van der Waals surface area contributed by atoms with Crippen LogP contribution in [0.1, 0.15) is 36.0 Å². The number of carbonyl (C=O) groups is 2. The van der Waals surface area contributed by atoms with Gasteiger partial charge in [-0.05, 0) is 50.9 Å². The maximum atomic E-state index is 12.6. The first-order valence-electron chi connectivity index (χ1n) is 8.05. The molecule has 1 saturated heterocycles. The van der Waals surface area contributed by atoms with Gasteiger partial charge in [0.25, 0.3) is 5.91 Å². The minimum absolute atomic E-state index is 0.0528. The van der Waals surface area contributed by atoms with Crippen LogP contribution in [0.5, 0.6) is 0 Å². The molecule has 1 aliphatic heterocycles. The van der Waals surface area contributed by atoms with Gasteiger partial charge in [-0.15, -0.1) is 0 Å². The molecule has 0 atom stereocenters. The van der Waals surface area contributed by atoms with E-state index in [0.717, 1.165) is 38.8 Å². The monoisotopic (exact) mass is 301 g/mol. The van der Waals surface area contributed by atoms with Crippen LogP contribution in [-0.4, -0.2) is 42.9 Å². The minimum Gasteiger partial charge on any atom is -0.339 e.